The van der Waals surface area contributed by atoms with Gasteiger partial charge in [-0.3, -0.25) is 4.98 Å². The number of halogens is 1. The van der Waals surface area contributed by atoms with Crippen molar-refractivity contribution in [3.63, 3.8) is 0 Å². The summed E-state index contributed by atoms with van der Waals surface area (Å²) in [5.74, 6) is 0.799. The number of rotatable bonds is 7. The molecule has 2 aromatic rings. The highest BCUT2D eigenvalue weighted by Gasteiger charge is 2.08. The fourth-order valence-corrected chi connectivity index (χ4v) is 2.40. The molecular formula is C17H21BrN2O. The molecule has 21 heavy (non-hydrogen) atoms. The first-order valence-corrected chi connectivity index (χ1v) is 8.08. The average molecular weight is 349 g/mol. The van der Waals surface area contributed by atoms with E-state index in [0.717, 1.165) is 34.4 Å². The van der Waals surface area contributed by atoms with Gasteiger partial charge < -0.3 is 10.1 Å². The van der Waals surface area contributed by atoms with Crippen molar-refractivity contribution in [3.8, 4) is 5.75 Å². The van der Waals surface area contributed by atoms with Crippen LogP contribution in [0.15, 0.2) is 47.1 Å². The zero-order valence-corrected chi connectivity index (χ0v) is 14.1. The summed E-state index contributed by atoms with van der Waals surface area (Å²) in [6.45, 7) is 5.77. The average Bonchev–Trinajstić information content (AvgIpc) is 2.53. The van der Waals surface area contributed by atoms with E-state index in [4.69, 9.17) is 4.74 Å². The van der Waals surface area contributed by atoms with Gasteiger partial charge in [0.1, 0.15) is 12.4 Å². The number of pyridine rings is 1. The van der Waals surface area contributed by atoms with Crippen molar-refractivity contribution in [2.75, 3.05) is 6.54 Å². The van der Waals surface area contributed by atoms with Gasteiger partial charge in [-0.05, 0) is 42.8 Å². The molecule has 1 heterocycles. The molecule has 0 aliphatic heterocycles. The lowest BCUT2D eigenvalue weighted by atomic mass is 10.1. The number of nitrogens with one attached hydrogen (secondary N) is 1. The predicted octanol–water partition coefficient (Wildman–Crippen LogP) is 4.48. The van der Waals surface area contributed by atoms with E-state index in [-0.39, 0.29) is 0 Å². The minimum atomic E-state index is 0.315. The Morgan fingerprint density at radius 1 is 1.14 bits per heavy atom. The van der Waals surface area contributed by atoms with Gasteiger partial charge in [0.05, 0.1) is 11.9 Å². The molecule has 0 spiro atoms. The molecule has 0 saturated carbocycles. The molecule has 0 amide bonds. The minimum absolute atomic E-state index is 0.315. The van der Waals surface area contributed by atoms with Crippen molar-refractivity contribution >= 4 is 15.9 Å². The molecule has 0 fully saturated rings. The molecule has 0 aliphatic rings. The third-order valence-electron chi connectivity index (χ3n) is 3.29. The number of aromatic nitrogens is 1. The molecule has 0 saturated heterocycles. The van der Waals surface area contributed by atoms with E-state index >= 15 is 0 Å². The maximum absolute atomic E-state index is 5.76. The van der Waals surface area contributed by atoms with E-state index in [0.29, 0.717) is 12.6 Å². The molecule has 3 nitrogen and oxygen atoms in total. The van der Waals surface area contributed by atoms with Gasteiger partial charge in [-0.1, -0.05) is 41.9 Å². The fourth-order valence-electron chi connectivity index (χ4n) is 2.13. The van der Waals surface area contributed by atoms with Gasteiger partial charge in [0.25, 0.3) is 0 Å². The molecule has 112 valence electrons. The number of ether oxygens (including phenoxy) is 1. The zero-order chi connectivity index (χ0) is 15.1. The summed E-state index contributed by atoms with van der Waals surface area (Å²) < 4.78 is 6.84. The molecule has 1 N–H and O–H groups in total. The van der Waals surface area contributed by atoms with Crippen molar-refractivity contribution in [2.45, 2.75) is 32.9 Å². The Morgan fingerprint density at radius 2 is 1.90 bits per heavy atom. The van der Waals surface area contributed by atoms with Crippen molar-refractivity contribution in [2.24, 2.45) is 0 Å². The van der Waals surface area contributed by atoms with Crippen molar-refractivity contribution < 1.29 is 4.74 Å². The Bertz CT molecular complexity index is 540. The van der Waals surface area contributed by atoms with Gasteiger partial charge >= 0.3 is 0 Å². The first-order valence-electron chi connectivity index (χ1n) is 7.29. The molecule has 1 aromatic carbocycles. The van der Waals surface area contributed by atoms with Crippen molar-refractivity contribution in [1.29, 1.82) is 0 Å². The molecular weight excluding hydrogens is 328 g/mol. The van der Waals surface area contributed by atoms with Gasteiger partial charge in [0.2, 0.25) is 0 Å². The summed E-state index contributed by atoms with van der Waals surface area (Å²) >= 11 is 3.43. The van der Waals surface area contributed by atoms with Crippen LogP contribution in [0.1, 0.15) is 37.6 Å². The third kappa shape index (κ3) is 4.83. The summed E-state index contributed by atoms with van der Waals surface area (Å²) in [7, 11) is 0. The maximum atomic E-state index is 5.76. The van der Waals surface area contributed by atoms with E-state index in [1.54, 1.807) is 6.20 Å². The van der Waals surface area contributed by atoms with Crippen LogP contribution in [0.2, 0.25) is 0 Å². The van der Waals surface area contributed by atoms with E-state index in [2.05, 4.69) is 40.1 Å². The molecule has 0 aliphatic carbocycles. The first kappa shape index (κ1) is 16.0. The van der Waals surface area contributed by atoms with Crippen LogP contribution in [0.3, 0.4) is 0 Å². The Hall–Kier alpha value is -1.39. The van der Waals surface area contributed by atoms with Gasteiger partial charge in [0, 0.05) is 10.5 Å². The lowest BCUT2D eigenvalue weighted by molar-refractivity contribution is 0.304. The summed E-state index contributed by atoms with van der Waals surface area (Å²) in [6, 6.07) is 12.5. The van der Waals surface area contributed by atoms with E-state index in [9.17, 15) is 0 Å². The second-order valence-electron chi connectivity index (χ2n) is 4.85. The highest BCUT2D eigenvalue weighted by atomic mass is 79.9. The second-order valence-corrected chi connectivity index (χ2v) is 5.77. The van der Waals surface area contributed by atoms with Crippen LogP contribution in [-0.4, -0.2) is 11.5 Å². The summed E-state index contributed by atoms with van der Waals surface area (Å²) in [5.41, 5.74) is 2.21. The second kappa shape index (κ2) is 8.15. The highest BCUT2D eigenvalue weighted by Crippen LogP contribution is 2.18. The quantitative estimate of drug-likeness (QED) is 0.800. The predicted molar refractivity (Wildman–Crippen MR) is 89.4 cm³/mol. The van der Waals surface area contributed by atoms with E-state index < -0.39 is 0 Å². The Morgan fingerprint density at radius 3 is 2.48 bits per heavy atom. The highest BCUT2D eigenvalue weighted by molar-refractivity contribution is 9.10. The summed E-state index contributed by atoms with van der Waals surface area (Å²) in [6.07, 6.45) is 2.83. The summed E-state index contributed by atoms with van der Waals surface area (Å²) in [5, 5.41) is 3.42. The monoisotopic (exact) mass is 348 g/mol. The zero-order valence-electron chi connectivity index (χ0n) is 12.5. The van der Waals surface area contributed by atoms with Gasteiger partial charge in [0.15, 0.2) is 0 Å². The van der Waals surface area contributed by atoms with Gasteiger partial charge in [-0.2, -0.15) is 0 Å². The van der Waals surface area contributed by atoms with Crippen LogP contribution < -0.4 is 10.1 Å². The van der Waals surface area contributed by atoms with Crippen LogP contribution in [0.25, 0.3) is 0 Å². The lowest BCUT2D eigenvalue weighted by Gasteiger charge is -2.15. The van der Waals surface area contributed by atoms with Crippen LogP contribution >= 0.6 is 15.9 Å². The van der Waals surface area contributed by atoms with Gasteiger partial charge in [-0.15, -0.1) is 0 Å². The fraction of sp³-hybridized carbons (Fsp3) is 0.353. The topological polar surface area (TPSA) is 34.1 Å². The van der Waals surface area contributed by atoms with Crippen LogP contribution in [0.5, 0.6) is 5.75 Å². The Kier molecular flexibility index (Phi) is 6.21. The molecule has 1 atom stereocenters. The lowest BCUT2D eigenvalue weighted by Crippen LogP contribution is -2.20. The molecule has 1 unspecified atom stereocenters. The van der Waals surface area contributed by atoms with Crippen molar-refractivity contribution in [3.05, 3.63) is 58.3 Å². The third-order valence-corrected chi connectivity index (χ3v) is 3.82. The Labute approximate surface area is 134 Å². The minimum Gasteiger partial charge on any atom is -0.487 e. The van der Waals surface area contributed by atoms with E-state index in [1.165, 1.54) is 0 Å². The van der Waals surface area contributed by atoms with Crippen molar-refractivity contribution in [1.82, 2.24) is 10.3 Å². The maximum Gasteiger partial charge on any atom is 0.138 e. The molecule has 1 aromatic heterocycles. The van der Waals surface area contributed by atoms with Gasteiger partial charge in [-0.25, -0.2) is 0 Å². The SMILES string of the molecule is CCNC(CC)c1ccc(OCc2ccc(Br)cc2)cn1. The summed E-state index contributed by atoms with van der Waals surface area (Å²) in [4.78, 5) is 4.50. The molecule has 0 radical (unpaired) electrons. The standard InChI is InChI=1S/C17H21BrN2O/c1-3-16(19-4-2)17-10-9-15(11-20-17)21-12-13-5-7-14(18)8-6-13/h5-11,16,19H,3-4,12H2,1-2H3. The molecule has 4 heteroatoms. The van der Waals surface area contributed by atoms with Crippen LogP contribution in [0.4, 0.5) is 0 Å². The van der Waals surface area contributed by atoms with E-state index in [1.807, 2.05) is 36.4 Å². The smallest absolute Gasteiger partial charge is 0.138 e. The number of benzene rings is 1. The number of hydrogen-bond donors (Lipinski definition) is 1. The first-order chi connectivity index (χ1) is 10.2. The van der Waals surface area contributed by atoms with Crippen LogP contribution in [-0.2, 0) is 6.61 Å². The molecule has 0 bridgehead atoms. The normalized spacial score (nSPS) is 12.1. The number of nitrogens with zero attached hydrogens (tertiary/aromatic N) is 1. The molecule has 2 rings (SSSR count). The Balaban J connectivity index is 1.94. The van der Waals surface area contributed by atoms with Crippen LogP contribution in [0, 0.1) is 0 Å². The number of hydrogen-bond acceptors (Lipinski definition) is 3. The largest absolute Gasteiger partial charge is 0.487 e.